The third-order valence-corrected chi connectivity index (χ3v) is 3.81. The number of hydrogen-bond donors (Lipinski definition) is 1. The number of hydrogen-bond acceptors (Lipinski definition) is 6. The van der Waals surface area contributed by atoms with E-state index in [2.05, 4.69) is 5.16 Å². The minimum Gasteiger partial charge on any atom is -0.508 e. The highest BCUT2D eigenvalue weighted by atomic mass is 35.5. The maximum absolute atomic E-state index is 11.7. The summed E-state index contributed by atoms with van der Waals surface area (Å²) in [5.41, 5.74) is 2.32. The van der Waals surface area contributed by atoms with Crippen LogP contribution in [0.2, 0.25) is 5.02 Å². The van der Waals surface area contributed by atoms with Crippen LogP contribution in [-0.2, 0) is 22.6 Å². The fraction of sp³-hybridized carbons (Fsp3) is 0.375. The molecule has 2 rings (SSSR count). The van der Waals surface area contributed by atoms with Gasteiger partial charge in [0, 0.05) is 29.2 Å². The van der Waals surface area contributed by atoms with Crippen molar-refractivity contribution in [1.29, 1.82) is 0 Å². The van der Waals surface area contributed by atoms with Crippen LogP contribution in [-0.4, -0.2) is 34.8 Å². The van der Waals surface area contributed by atoms with E-state index in [4.69, 9.17) is 20.9 Å². The van der Waals surface area contributed by atoms with Gasteiger partial charge in [-0.15, -0.1) is 0 Å². The molecule has 0 saturated carbocycles. The summed E-state index contributed by atoms with van der Waals surface area (Å²) in [6.45, 7) is 4.53. The molecule has 1 aromatic carbocycles. The average Bonchev–Trinajstić information content (AvgIpc) is 2.82. The predicted molar refractivity (Wildman–Crippen MR) is 85.2 cm³/mol. The van der Waals surface area contributed by atoms with Gasteiger partial charge in [0.15, 0.2) is 0 Å². The topological polar surface area (TPSA) is 75.8 Å². The molecule has 0 unspecified atom stereocenters. The molecule has 6 nitrogen and oxygen atoms in total. The monoisotopic (exact) mass is 338 g/mol. The van der Waals surface area contributed by atoms with E-state index in [9.17, 15) is 9.90 Å². The largest absolute Gasteiger partial charge is 0.508 e. The number of aryl methyl sites for hydroxylation is 2. The van der Waals surface area contributed by atoms with E-state index >= 15 is 0 Å². The Hall–Kier alpha value is -2.05. The molecule has 124 valence electrons. The lowest BCUT2D eigenvalue weighted by Crippen LogP contribution is -2.30. The molecule has 0 saturated heterocycles. The number of aromatic hydroxyl groups is 1. The van der Waals surface area contributed by atoms with Gasteiger partial charge in [-0.1, -0.05) is 16.8 Å². The van der Waals surface area contributed by atoms with Gasteiger partial charge in [0.2, 0.25) is 0 Å². The second-order valence-electron chi connectivity index (χ2n) is 5.30. The van der Waals surface area contributed by atoms with Gasteiger partial charge in [-0.3, -0.25) is 9.69 Å². The molecule has 0 fully saturated rings. The maximum atomic E-state index is 11.7. The number of rotatable bonds is 6. The summed E-state index contributed by atoms with van der Waals surface area (Å²) in [7, 11) is 1.34. The van der Waals surface area contributed by atoms with Crippen LogP contribution in [0.3, 0.4) is 0 Å². The first-order valence-corrected chi connectivity index (χ1v) is 7.46. The zero-order chi connectivity index (χ0) is 17.0. The highest BCUT2D eigenvalue weighted by Gasteiger charge is 2.18. The summed E-state index contributed by atoms with van der Waals surface area (Å²) in [4.78, 5) is 13.5. The quantitative estimate of drug-likeness (QED) is 0.816. The van der Waals surface area contributed by atoms with Gasteiger partial charge in [-0.2, -0.15) is 0 Å². The van der Waals surface area contributed by atoms with Crippen molar-refractivity contribution < 1.29 is 19.2 Å². The fourth-order valence-corrected chi connectivity index (χ4v) is 2.48. The van der Waals surface area contributed by atoms with Crippen LogP contribution < -0.4 is 0 Å². The summed E-state index contributed by atoms with van der Waals surface area (Å²) in [6.07, 6.45) is 0. The molecule has 23 heavy (non-hydrogen) atoms. The van der Waals surface area contributed by atoms with E-state index in [0.29, 0.717) is 29.4 Å². The molecule has 2 aromatic rings. The van der Waals surface area contributed by atoms with Gasteiger partial charge in [0.05, 0.1) is 19.3 Å². The number of methoxy groups -OCH3 is 1. The van der Waals surface area contributed by atoms with Gasteiger partial charge in [0.1, 0.15) is 11.5 Å². The molecule has 1 aromatic heterocycles. The van der Waals surface area contributed by atoms with Crippen LogP contribution in [0.1, 0.15) is 22.6 Å². The average molecular weight is 339 g/mol. The highest BCUT2D eigenvalue weighted by Crippen LogP contribution is 2.24. The number of esters is 1. The number of nitrogens with zero attached hydrogens (tertiary/aromatic N) is 2. The summed E-state index contributed by atoms with van der Waals surface area (Å²) in [5, 5.41) is 14.4. The van der Waals surface area contributed by atoms with Crippen molar-refractivity contribution in [3.8, 4) is 5.75 Å². The van der Waals surface area contributed by atoms with Gasteiger partial charge in [-0.05, 0) is 32.0 Å². The Morgan fingerprint density at radius 2 is 2.13 bits per heavy atom. The number of aromatic nitrogens is 1. The third-order valence-electron chi connectivity index (χ3n) is 3.58. The molecule has 0 atom stereocenters. The zero-order valence-electron chi connectivity index (χ0n) is 13.3. The van der Waals surface area contributed by atoms with E-state index < -0.39 is 0 Å². The summed E-state index contributed by atoms with van der Waals surface area (Å²) in [5.74, 6) is 0.467. The Balaban J connectivity index is 2.23. The first-order chi connectivity index (χ1) is 10.9. The first-order valence-electron chi connectivity index (χ1n) is 7.09. The summed E-state index contributed by atoms with van der Waals surface area (Å²) < 4.78 is 9.90. The minimum atomic E-state index is -0.363. The molecular formula is C16H19ClN2O4. The lowest BCUT2D eigenvalue weighted by atomic mass is 10.1. The molecule has 0 spiro atoms. The minimum absolute atomic E-state index is 0.0759. The van der Waals surface area contributed by atoms with Crippen molar-refractivity contribution in [1.82, 2.24) is 10.1 Å². The number of benzene rings is 1. The Kier molecular flexibility index (Phi) is 5.63. The van der Waals surface area contributed by atoms with Crippen LogP contribution >= 0.6 is 11.6 Å². The van der Waals surface area contributed by atoms with Crippen LogP contribution in [0.4, 0.5) is 0 Å². The molecular weight excluding hydrogens is 320 g/mol. The SMILES string of the molecule is COC(=O)CN(Cc1cc(Cl)ccc1O)Cc1c(C)noc1C. The lowest BCUT2D eigenvalue weighted by molar-refractivity contribution is -0.142. The molecule has 1 heterocycles. The number of halogens is 1. The Labute approximate surface area is 139 Å². The van der Waals surface area contributed by atoms with Gasteiger partial charge < -0.3 is 14.4 Å². The summed E-state index contributed by atoms with van der Waals surface area (Å²) in [6, 6.07) is 4.82. The second kappa shape index (κ2) is 7.48. The lowest BCUT2D eigenvalue weighted by Gasteiger charge is -2.21. The van der Waals surface area contributed by atoms with Crippen molar-refractivity contribution in [2.45, 2.75) is 26.9 Å². The smallest absolute Gasteiger partial charge is 0.319 e. The number of ether oxygens (including phenoxy) is 1. The van der Waals surface area contributed by atoms with Crippen molar-refractivity contribution in [2.24, 2.45) is 0 Å². The molecule has 0 aliphatic rings. The molecule has 7 heteroatoms. The van der Waals surface area contributed by atoms with E-state index in [-0.39, 0.29) is 18.3 Å². The number of phenolic OH excluding ortho intramolecular Hbond substituents is 1. The Morgan fingerprint density at radius 3 is 2.74 bits per heavy atom. The van der Waals surface area contributed by atoms with Crippen LogP contribution in [0.15, 0.2) is 22.7 Å². The molecule has 1 N–H and O–H groups in total. The fourth-order valence-electron chi connectivity index (χ4n) is 2.29. The van der Waals surface area contributed by atoms with Gasteiger partial charge >= 0.3 is 5.97 Å². The molecule has 0 radical (unpaired) electrons. The van der Waals surface area contributed by atoms with Crippen LogP contribution in [0.25, 0.3) is 0 Å². The zero-order valence-corrected chi connectivity index (χ0v) is 14.1. The van der Waals surface area contributed by atoms with E-state index in [1.165, 1.54) is 13.2 Å². The van der Waals surface area contributed by atoms with Crippen molar-refractivity contribution >= 4 is 17.6 Å². The van der Waals surface area contributed by atoms with E-state index in [1.54, 1.807) is 12.1 Å². The van der Waals surface area contributed by atoms with Crippen LogP contribution in [0.5, 0.6) is 5.75 Å². The Morgan fingerprint density at radius 1 is 1.39 bits per heavy atom. The second-order valence-corrected chi connectivity index (χ2v) is 5.73. The number of carbonyl (C=O) groups excluding carboxylic acids is 1. The van der Waals surface area contributed by atoms with Gasteiger partial charge in [0.25, 0.3) is 0 Å². The normalized spacial score (nSPS) is 11.0. The highest BCUT2D eigenvalue weighted by molar-refractivity contribution is 6.30. The maximum Gasteiger partial charge on any atom is 0.319 e. The predicted octanol–water partition coefficient (Wildman–Crippen LogP) is 2.83. The standard InChI is InChI=1S/C16H19ClN2O4/c1-10-14(11(2)23-18-10)8-19(9-16(21)22-3)7-12-6-13(17)4-5-15(12)20/h4-6,20H,7-9H2,1-3H3. The van der Waals surface area contributed by atoms with Crippen molar-refractivity contribution in [2.75, 3.05) is 13.7 Å². The Bertz CT molecular complexity index is 680. The molecule has 0 amide bonds. The van der Waals surface area contributed by atoms with Gasteiger partial charge in [-0.25, -0.2) is 0 Å². The third kappa shape index (κ3) is 4.46. The number of carbonyl (C=O) groups is 1. The van der Waals surface area contributed by atoms with Crippen molar-refractivity contribution in [3.05, 3.63) is 45.8 Å². The molecule has 0 bridgehead atoms. The number of phenols is 1. The summed E-state index contributed by atoms with van der Waals surface area (Å²) >= 11 is 5.98. The van der Waals surface area contributed by atoms with Crippen molar-refractivity contribution in [3.63, 3.8) is 0 Å². The van der Waals surface area contributed by atoms with Crippen LogP contribution in [0, 0.1) is 13.8 Å². The first kappa shape index (κ1) is 17.3. The van der Waals surface area contributed by atoms with E-state index in [0.717, 1.165) is 11.3 Å². The van der Waals surface area contributed by atoms with E-state index in [1.807, 2.05) is 18.7 Å². The molecule has 0 aliphatic heterocycles. The molecule has 0 aliphatic carbocycles.